The molecule has 0 saturated carbocycles. The highest BCUT2D eigenvalue weighted by Gasteiger charge is 2.23. The third kappa shape index (κ3) is 4.79. The number of anilines is 1. The SMILES string of the molecule is CCOc1ccc(NC(NC(=O)c2ccco2)C(=O)c2ccc(C)cc2)cc1. The Balaban J connectivity index is 1.81. The largest absolute Gasteiger partial charge is 0.494 e. The molecule has 144 valence electrons. The number of Topliss-reactive ketones (excluding diaryl/α,β-unsaturated/α-hetero) is 1. The lowest BCUT2D eigenvalue weighted by molar-refractivity contribution is 0.0853. The quantitative estimate of drug-likeness (QED) is 0.457. The fraction of sp³-hybridized carbons (Fsp3) is 0.182. The Morgan fingerprint density at radius 1 is 1.04 bits per heavy atom. The third-order valence-corrected chi connectivity index (χ3v) is 4.09. The normalized spacial score (nSPS) is 11.5. The molecule has 0 aliphatic rings. The van der Waals surface area contributed by atoms with Gasteiger partial charge in [0.15, 0.2) is 11.9 Å². The van der Waals surface area contributed by atoms with Crippen LogP contribution in [0.4, 0.5) is 5.69 Å². The van der Waals surface area contributed by atoms with Crippen molar-refractivity contribution in [2.24, 2.45) is 0 Å². The molecule has 1 unspecified atom stereocenters. The molecule has 0 fully saturated rings. The van der Waals surface area contributed by atoms with Crippen LogP contribution in [-0.4, -0.2) is 24.5 Å². The Bertz CT molecular complexity index is 916. The molecule has 3 aromatic rings. The number of hydrogen-bond acceptors (Lipinski definition) is 5. The molecule has 28 heavy (non-hydrogen) atoms. The molecule has 1 amide bonds. The average Bonchev–Trinajstić information content (AvgIpc) is 3.24. The second kappa shape index (κ2) is 8.90. The predicted octanol–water partition coefficient (Wildman–Crippen LogP) is 4.04. The van der Waals surface area contributed by atoms with E-state index in [-0.39, 0.29) is 11.5 Å². The summed E-state index contributed by atoms with van der Waals surface area (Å²) in [5.41, 5.74) is 2.22. The van der Waals surface area contributed by atoms with Crippen LogP contribution in [0.2, 0.25) is 0 Å². The summed E-state index contributed by atoms with van der Waals surface area (Å²) in [5, 5.41) is 5.77. The molecule has 0 aliphatic carbocycles. The van der Waals surface area contributed by atoms with Crippen molar-refractivity contribution in [3.05, 3.63) is 83.8 Å². The number of nitrogens with one attached hydrogen (secondary N) is 2. The minimum absolute atomic E-state index is 0.134. The number of furan rings is 1. The van der Waals surface area contributed by atoms with E-state index in [1.165, 1.54) is 6.26 Å². The lowest BCUT2D eigenvalue weighted by Crippen LogP contribution is -2.46. The minimum Gasteiger partial charge on any atom is -0.494 e. The van der Waals surface area contributed by atoms with Crippen molar-refractivity contribution < 1.29 is 18.7 Å². The second-order valence-corrected chi connectivity index (χ2v) is 6.22. The van der Waals surface area contributed by atoms with Crippen molar-refractivity contribution in [1.29, 1.82) is 0 Å². The number of carbonyl (C=O) groups is 2. The van der Waals surface area contributed by atoms with E-state index in [1.807, 2.05) is 26.0 Å². The van der Waals surface area contributed by atoms with Gasteiger partial charge >= 0.3 is 0 Å². The summed E-state index contributed by atoms with van der Waals surface area (Å²) in [4.78, 5) is 25.4. The van der Waals surface area contributed by atoms with E-state index in [4.69, 9.17) is 9.15 Å². The fourth-order valence-electron chi connectivity index (χ4n) is 2.64. The molecule has 6 heteroatoms. The van der Waals surface area contributed by atoms with Crippen LogP contribution in [0.5, 0.6) is 5.75 Å². The number of amides is 1. The Morgan fingerprint density at radius 2 is 1.75 bits per heavy atom. The van der Waals surface area contributed by atoms with E-state index >= 15 is 0 Å². The monoisotopic (exact) mass is 378 g/mol. The zero-order chi connectivity index (χ0) is 19.9. The average molecular weight is 378 g/mol. The summed E-state index contributed by atoms with van der Waals surface area (Å²) in [5.74, 6) is 0.131. The highest BCUT2D eigenvalue weighted by molar-refractivity contribution is 6.04. The van der Waals surface area contributed by atoms with Crippen LogP contribution >= 0.6 is 0 Å². The molecule has 2 aromatic carbocycles. The zero-order valence-corrected chi connectivity index (χ0v) is 15.8. The molecule has 6 nitrogen and oxygen atoms in total. The maximum Gasteiger partial charge on any atom is 0.288 e. The predicted molar refractivity (Wildman–Crippen MR) is 107 cm³/mol. The van der Waals surface area contributed by atoms with Gasteiger partial charge in [-0.25, -0.2) is 0 Å². The van der Waals surface area contributed by atoms with Crippen LogP contribution in [-0.2, 0) is 0 Å². The number of benzene rings is 2. The van der Waals surface area contributed by atoms with Gasteiger partial charge in [-0.15, -0.1) is 0 Å². The Labute approximate surface area is 163 Å². The molecule has 0 bridgehead atoms. The van der Waals surface area contributed by atoms with Gasteiger partial charge in [0, 0.05) is 11.3 Å². The number of carbonyl (C=O) groups excluding carboxylic acids is 2. The van der Waals surface area contributed by atoms with E-state index in [2.05, 4.69) is 10.6 Å². The van der Waals surface area contributed by atoms with E-state index in [0.717, 1.165) is 11.3 Å². The van der Waals surface area contributed by atoms with Crippen molar-refractivity contribution in [2.75, 3.05) is 11.9 Å². The number of hydrogen-bond donors (Lipinski definition) is 2. The maximum atomic E-state index is 13.0. The minimum atomic E-state index is -0.960. The standard InChI is InChI=1S/C22H22N2O4/c1-3-27-18-12-10-17(11-13-18)23-21(24-22(26)19-5-4-14-28-19)20(25)16-8-6-15(2)7-9-16/h4-14,21,23H,3H2,1-2H3,(H,24,26). The van der Waals surface area contributed by atoms with Crippen LogP contribution in [0.15, 0.2) is 71.3 Å². The first kappa shape index (κ1) is 19.2. The molecule has 3 rings (SSSR count). The molecule has 2 N–H and O–H groups in total. The fourth-order valence-corrected chi connectivity index (χ4v) is 2.64. The number of rotatable bonds is 8. The molecule has 1 atom stereocenters. The van der Waals surface area contributed by atoms with Gasteiger partial charge in [-0.05, 0) is 50.2 Å². The first-order valence-electron chi connectivity index (χ1n) is 9.01. The molecular formula is C22H22N2O4. The van der Waals surface area contributed by atoms with Crippen LogP contribution < -0.4 is 15.4 Å². The smallest absolute Gasteiger partial charge is 0.288 e. The summed E-state index contributed by atoms with van der Waals surface area (Å²) in [7, 11) is 0. The van der Waals surface area contributed by atoms with Gasteiger partial charge in [0.2, 0.25) is 5.78 Å². The van der Waals surface area contributed by atoms with Gasteiger partial charge in [-0.2, -0.15) is 0 Å². The van der Waals surface area contributed by atoms with E-state index in [9.17, 15) is 9.59 Å². The van der Waals surface area contributed by atoms with Gasteiger partial charge in [0.05, 0.1) is 12.9 Å². The first-order valence-corrected chi connectivity index (χ1v) is 9.01. The second-order valence-electron chi connectivity index (χ2n) is 6.22. The molecule has 1 aromatic heterocycles. The van der Waals surface area contributed by atoms with Gasteiger partial charge in [-0.1, -0.05) is 29.8 Å². The molecular weight excluding hydrogens is 356 g/mol. The highest BCUT2D eigenvalue weighted by Crippen LogP contribution is 2.17. The Kier molecular flexibility index (Phi) is 6.11. The Hall–Kier alpha value is -3.54. The van der Waals surface area contributed by atoms with Gasteiger partial charge in [0.25, 0.3) is 5.91 Å². The van der Waals surface area contributed by atoms with Crippen molar-refractivity contribution in [2.45, 2.75) is 20.0 Å². The first-order chi connectivity index (χ1) is 13.6. The summed E-state index contributed by atoms with van der Waals surface area (Å²) in [6, 6.07) is 17.5. The topological polar surface area (TPSA) is 80.6 Å². The van der Waals surface area contributed by atoms with E-state index < -0.39 is 12.1 Å². The lowest BCUT2D eigenvalue weighted by Gasteiger charge is -2.20. The van der Waals surface area contributed by atoms with Crippen LogP contribution in [0, 0.1) is 6.92 Å². The number of ketones is 1. The van der Waals surface area contributed by atoms with Gasteiger partial charge in [0.1, 0.15) is 5.75 Å². The highest BCUT2D eigenvalue weighted by atomic mass is 16.5. The van der Waals surface area contributed by atoms with E-state index in [1.54, 1.807) is 48.5 Å². The molecule has 0 aliphatic heterocycles. The molecule has 0 radical (unpaired) electrons. The van der Waals surface area contributed by atoms with Crippen LogP contribution in [0.3, 0.4) is 0 Å². The summed E-state index contributed by atoms with van der Waals surface area (Å²) < 4.78 is 10.6. The van der Waals surface area contributed by atoms with Crippen LogP contribution in [0.25, 0.3) is 0 Å². The third-order valence-electron chi connectivity index (χ3n) is 4.09. The van der Waals surface area contributed by atoms with Crippen molar-refractivity contribution in [1.82, 2.24) is 5.32 Å². The zero-order valence-electron chi connectivity index (χ0n) is 15.8. The van der Waals surface area contributed by atoms with Crippen molar-refractivity contribution in [3.8, 4) is 5.75 Å². The van der Waals surface area contributed by atoms with Gasteiger partial charge < -0.3 is 19.8 Å². The molecule has 0 saturated heterocycles. The summed E-state index contributed by atoms with van der Waals surface area (Å²) in [6.45, 7) is 4.43. The molecule has 0 spiro atoms. The van der Waals surface area contributed by atoms with Crippen LogP contribution in [0.1, 0.15) is 33.4 Å². The van der Waals surface area contributed by atoms with Gasteiger partial charge in [-0.3, -0.25) is 9.59 Å². The van der Waals surface area contributed by atoms with E-state index in [0.29, 0.717) is 17.9 Å². The summed E-state index contributed by atoms with van der Waals surface area (Å²) >= 11 is 0. The lowest BCUT2D eigenvalue weighted by atomic mass is 10.1. The number of aryl methyl sites for hydroxylation is 1. The van der Waals surface area contributed by atoms with Crippen molar-refractivity contribution >= 4 is 17.4 Å². The maximum absolute atomic E-state index is 13.0. The van der Waals surface area contributed by atoms with Crippen molar-refractivity contribution in [3.63, 3.8) is 0 Å². The number of ether oxygens (including phenoxy) is 1. The molecule has 1 heterocycles. The summed E-state index contributed by atoms with van der Waals surface area (Å²) in [6.07, 6.45) is 0.448. The Morgan fingerprint density at radius 3 is 2.36 bits per heavy atom.